The van der Waals surface area contributed by atoms with Gasteiger partial charge in [0, 0.05) is 49.2 Å². The van der Waals surface area contributed by atoms with Crippen LogP contribution in [0.15, 0.2) is 232 Å². The van der Waals surface area contributed by atoms with Gasteiger partial charge in [-0.2, -0.15) is 0 Å². The Morgan fingerprint density at radius 1 is 0.418 bits per heavy atom. The van der Waals surface area contributed by atoms with Crippen molar-refractivity contribution in [3.8, 4) is 28.0 Å². The van der Waals surface area contributed by atoms with Gasteiger partial charge in [-0.1, -0.05) is 197 Å². The molecule has 4 nitrogen and oxygen atoms in total. The number of fused-ring (bicyclic) bond motifs is 17. The second-order valence-corrected chi connectivity index (χ2v) is 23.0. The first-order chi connectivity index (χ1) is 38.8. The summed E-state index contributed by atoms with van der Waals surface area (Å²) in [6, 6.07) is 80.3. The van der Waals surface area contributed by atoms with E-state index < -0.39 is 0 Å². The van der Waals surface area contributed by atoms with E-state index in [-0.39, 0.29) is 23.2 Å². The molecule has 4 heterocycles. The average molecular weight is 1020 g/mol. The molecule has 14 aromatic rings. The molecule has 4 heteroatoms. The summed E-state index contributed by atoms with van der Waals surface area (Å²) in [5, 5.41) is 9.54. The van der Waals surface area contributed by atoms with Gasteiger partial charge in [0.05, 0.1) is 0 Å². The number of benzene rings is 11. The third-order valence-corrected chi connectivity index (χ3v) is 18.3. The molecule has 2 unspecified atom stereocenters. The molecule has 0 N–H and O–H groups in total. The van der Waals surface area contributed by atoms with E-state index in [0.29, 0.717) is 6.61 Å². The topological polar surface area (TPSA) is 48.7 Å². The second kappa shape index (κ2) is 17.7. The average Bonchev–Trinajstić information content (AvgIpc) is 4.31. The number of hydrogen-bond donors (Lipinski definition) is 0. The van der Waals surface area contributed by atoms with Crippen LogP contribution in [-0.2, 0) is 24.9 Å². The summed E-state index contributed by atoms with van der Waals surface area (Å²) in [7, 11) is 0. The van der Waals surface area contributed by atoms with Gasteiger partial charge in [-0.25, -0.2) is 0 Å². The molecule has 11 aromatic carbocycles. The van der Waals surface area contributed by atoms with Crippen LogP contribution < -0.4 is 4.74 Å². The van der Waals surface area contributed by atoms with Gasteiger partial charge in [0.2, 0.25) is 0 Å². The lowest BCUT2D eigenvalue weighted by Crippen LogP contribution is -2.17. The number of aryl methyl sites for hydroxylation is 1. The highest BCUT2D eigenvalue weighted by atomic mass is 16.5. The Balaban J connectivity index is 0.768. The number of ether oxygens (including phenoxy) is 1. The predicted octanol–water partition coefficient (Wildman–Crippen LogP) is 20.3. The van der Waals surface area contributed by atoms with Crippen LogP contribution in [0.1, 0.15) is 95.0 Å². The maximum Gasteiger partial charge on any atom is 0.135 e. The summed E-state index contributed by atoms with van der Waals surface area (Å²) >= 11 is 0. The highest BCUT2D eigenvalue weighted by Gasteiger charge is 2.38. The Hall–Kier alpha value is -9.12. The first kappa shape index (κ1) is 46.0. The van der Waals surface area contributed by atoms with Gasteiger partial charge in [0.15, 0.2) is 0 Å². The second-order valence-electron chi connectivity index (χ2n) is 23.0. The van der Waals surface area contributed by atoms with E-state index in [1.54, 1.807) is 0 Å². The van der Waals surface area contributed by atoms with Crippen molar-refractivity contribution in [3.63, 3.8) is 0 Å². The summed E-state index contributed by atoms with van der Waals surface area (Å²) in [4.78, 5) is 0. The van der Waals surface area contributed by atoms with Crippen molar-refractivity contribution in [2.45, 2.75) is 69.8 Å². The molecule has 380 valence electrons. The van der Waals surface area contributed by atoms with E-state index in [1.165, 1.54) is 77.5 Å². The van der Waals surface area contributed by atoms with Crippen LogP contribution in [0.2, 0.25) is 0 Å². The van der Waals surface area contributed by atoms with Crippen LogP contribution >= 0.6 is 0 Å². The van der Waals surface area contributed by atoms with E-state index in [0.717, 1.165) is 96.4 Å². The van der Waals surface area contributed by atoms with Crippen LogP contribution in [-0.4, -0.2) is 0 Å². The Kier molecular flexibility index (Phi) is 10.3. The standard InChI is InChI=1S/C75H56O4/c1-44(64(50-29-34-61-57-19-10-13-23-69(57)79-73(61)42-50)36-45-24-30-59-55-17-8-11-21-67(55)77-71(59)37-45)46-25-35-63-65(38-46)75(2,3)66-39-47(53-15-6-7-20-62(53)74(63)66)26-31-52(49-28-33-60-56-18-9-12-22-68(56)78-72(60)41-49)48-27-32-58-54-16-5-4-14-51(54)43-76-70(58)40-48/h4-25,27-30,32-35,37-42,44,52,64H,26,31,36,43H2,1-3H3/t44-,52?,64?/m0/s1. The summed E-state index contributed by atoms with van der Waals surface area (Å²) in [6.07, 6.45) is 2.64. The van der Waals surface area contributed by atoms with Crippen molar-refractivity contribution in [2.24, 2.45) is 0 Å². The molecule has 3 aromatic heterocycles. The van der Waals surface area contributed by atoms with Crippen LogP contribution in [0.25, 0.3) is 98.8 Å². The molecule has 0 radical (unpaired) electrons. The summed E-state index contributed by atoms with van der Waals surface area (Å²) < 4.78 is 26.1. The molecule has 0 saturated heterocycles. The number of furan rings is 3. The highest BCUT2D eigenvalue weighted by molar-refractivity contribution is 6.07. The minimum Gasteiger partial charge on any atom is -0.488 e. The van der Waals surface area contributed by atoms with Gasteiger partial charge < -0.3 is 18.0 Å². The van der Waals surface area contributed by atoms with Gasteiger partial charge in [-0.3, -0.25) is 0 Å². The van der Waals surface area contributed by atoms with E-state index in [4.69, 9.17) is 18.0 Å². The molecule has 0 amide bonds. The van der Waals surface area contributed by atoms with Gasteiger partial charge >= 0.3 is 0 Å². The molecular formula is C75H56O4. The van der Waals surface area contributed by atoms with Crippen molar-refractivity contribution in [3.05, 3.63) is 268 Å². The summed E-state index contributed by atoms with van der Waals surface area (Å²) in [6.45, 7) is 7.88. The molecule has 0 spiro atoms. The first-order valence-electron chi connectivity index (χ1n) is 28.1. The Bertz CT molecular complexity index is 4790. The maximum atomic E-state index is 6.55. The van der Waals surface area contributed by atoms with Crippen LogP contribution in [0.4, 0.5) is 0 Å². The lowest BCUT2D eigenvalue weighted by Gasteiger charge is -2.28. The van der Waals surface area contributed by atoms with Gasteiger partial charge in [-0.05, 0) is 151 Å². The van der Waals surface area contributed by atoms with Crippen LogP contribution in [0.3, 0.4) is 0 Å². The summed E-state index contributed by atoms with van der Waals surface area (Å²) in [5.74, 6) is 1.36. The molecule has 1 aliphatic carbocycles. The summed E-state index contributed by atoms with van der Waals surface area (Å²) in [5.41, 5.74) is 22.1. The minimum atomic E-state index is -0.244. The Morgan fingerprint density at radius 2 is 0.949 bits per heavy atom. The fourth-order valence-corrected chi connectivity index (χ4v) is 14.1. The molecule has 0 bridgehead atoms. The lowest BCUT2D eigenvalue weighted by molar-refractivity contribution is 0.302. The van der Waals surface area contributed by atoms with Crippen molar-refractivity contribution in [1.29, 1.82) is 0 Å². The maximum absolute atomic E-state index is 6.55. The van der Waals surface area contributed by atoms with Crippen molar-refractivity contribution in [1.82, 2.24) is 0 Å². The third kappa shape index (κ3) is 7.34. The van der Waals surface area contributed by atoms with E-state index in [9.17, 15) is 0 Å². The fraction of sp³-hybridized carbons (Fsp3) is 0.147. The molecule has 0 fully saturated rings. The molecule has 0 saturated carbocycles. The highest BCUT2D eigenvalue weighted by Crippen LogP contribution is 2.54. The predicted molar refractivity (Wildman–Crippen MR) is 324 cm³/mol. The molecule has 3 atom stereocenters. The normalized spacial score (nSPS) is 14.7. The van der Waals surface area contributed by atoms with Crippen molar-refractivity contribution >= 4 is 76.6 Å². The smallest absolute Gasteiger partial charge is 0.135 e. The molecular weight excluding hydrogens is 965 g/mol. The fourth-order valence-electron chi connectivity index (χ4n) is 14.1. The zero-order chi connectivity index (χ0) is 52.5. The van der Waals surface area contributed by atoms with Crippen LogP contribution in [0, 0.1) is 0 Å². The zero-order valence-corrected chi connectivity index (χ0v) is 44.5. The van der Waals surface area contributed by atoms with Crippen molar-refractivity contribution < 1.29 is 18.0 Å². The van der Waals surface area contributed by atoms with Crippen LogP contribution in [0.5, 0.6) is 5.75 Å². The molecule has 1 aliphatic heterocycles. The van der Waals surface area contributed by atoms with E-state index in [2.05, 4.69) is 227 Å². The monoisotopic (exact) mass is 1020 g/mol. The Labute approximate surface area is 458 Å². The van der Waals surface area contributed by atoms with Gasteiger partial charge in [0.1, 0.15) is 45.9 Å². The third-order valence-electron chi connectivity index (χ3n) is 18.3. The van der Waals surface area contributed by atoms with E-state index >= 15 is 0 Å². The number of hydrogen-bond acceptors (Lipinski definition) is 4. The number of rotatable bonds is 10. The lowest BCUT2D eigenvalue weighted by atomic mass is 9.76. The number of para-hydroxylation sites is 3. The van der Waals surface area contributed by atoms with Gasteiger partial charge in [0.25, 0.3) is 0 Å². The quantitative estimate of drug-likeness (QED) is 0.137. The van der Waals surface area contributed by atoms with Crippen molar-refractivity contribution in [2.75, 3.05) is 0 Å². The minimum absolute atomic E-state index is 0.0890. The molecule has 79 heavy (non-hydrogen) atoms. The molecule has 2 aliphatic rings. The zero-order valence-electron chi connectivity index (χ0n) is 44.5. The van der Waals surface area contributed by atoms with E-state index in [1.807, 2.05) is 12.1 Å². The largest absolute Gasteiger partial charge is 0.488 e. The SMILES string of the molecule is C[C@@H](c1ccc2c(c1)C(C)(C)c1cc(CCC(c3ccc4c(c3)OCc3ccccc3-4)c3ccc4c(c3)oc3ccccc34)c3ccccc3c1-2)C(Cc1ccc2c(c1)oc1ccccc12)c1ccc2c(c1)oc1ccccc12. The molecule has 16 rings (SSSR count). The van der Waals surface area contributed by atoms with Gasteiger partial charge in [-0.15, -0.1) is 0 Å². The first-order valence-corrected chi connectivity index (χ1v) is 28.1. The Morgan fingerprint density at radius 3 is 1.66 bits per heavy atom.